The van der Waals surface area contributed by atoms with Gasteiger partial charge in [0.1, 0.15) is 5.82 Å². The number of aryl methyl sites for hydroxylation is 1. The Labute approximate surface area is 93.7 Å². The molecule has 6 nitrogen and oxygen atoms in total. The van der Waals surface area contributed by atoms with Gasteiger partial charge in [-0.1, -0.05) is 6.92 Å². The van der Waals surface area contributed by atoms with E-state index in [1.54, 1.807) is 4.90 Å². The van der Waals surface area contributed by atoms with Crippen molar-refractivity contribution >= 4 is 5.91 Å². The molecule has 1 aliphatic heterocycles. The number of aromatic nitrogens is 3. The van der Waals surface area contributed by atoms with E-state index in [1.807, 2.05) is 6.92 Å². The Morgan fingerprint density at radius 1 is 1.69 bits per heavy atom. The normalized spacial score (nSPS) is 20.4. The Morgan fingerprint density at radius 2 is 2.50 bits per heavy atom. The number of rotatable bonds is 3. The van der Waals surface area contributed by atoms with Crippen LogP contribution in [0.25, 0.3) is 0 Å². The van der Waals surface area contributed by atoms with Gasteiger partial charge in [-0.25, -0.2) is 4.98 Å². The first kappa shape index (κ1) is 11.1. The standard InChI is InChI=1S/C10H16N4O2/c1-2-8-11-9(13-12-8)10(16)14-5-3-4-7(14)6-15/h7,15H,2-6H2,1H3,(H,11,12,13)/t7-/m0/s1. The molecule has 88 valence electrons. The van der Waals surface area contributed by atoms with Crippen molar-refractivity contribution in [3.8, 4) is 0 Å². The molecule has 0 spiro atoms. The number of hydrogen-bond donors (Lipinski definition) is 2. The molecule has 1 amide bonds. The highest BCUT2D eigenvalue weighted by Crippen LogP contribution is 2.18. The number of likely N-dealkylation sites (tertiary alicyclic amines) is 1. The van der Waals surface area contributed by atoms with E-state index in [2.05, 4.69) is 15.2 Å². The van der Waals surface area contributed by atoms with Gasteiger partial charge in [-0.2, -0.15) is 0 Å². The van der Waals surface area contributed by atoms with Crippen LogP contribution in [-0.2, 0) is 6.42 Å². The quantitative estimate of drug-likeness (QED) is 0.755. The number of H-pyrrole nitrogens is 1. The van der Waals surface area contributed by atoms with Crippen molar-refractivity contribution in [1.29, 1.82) is 0 Å². The number of hydrogen-bond acceptors (Lipinski definition) is 4. The Kier molecular flexibility index (Phi) is 3.19. The fraction of sp³-hybridized carbons (Fsp3) is 0.700. The molecule has 16 heavy (non-hydrogen) atoms. The summed E-state index contributed by atoms with van der Waals surface area (Å²) in [7, 11) is 0. The monoisotopic (exact) mass is 224 g/mol. The minimum atomic E-state index is -0.187. The summed E-state index contributed by atoms with van der Waals surface area (Å²) in [6.45, 7) is 2.64. The molecule has 2 N–H and O–H groups in total. The van der Waals surface area contributed by atoms with E-state index < -0.39 is 0 Å². The Hall–Kier alpha value is -1.43. The first-order valence-corrected chi connectivity index (χ1v) is 5.59. The zero-order chi connectivity index (χ0) is 11.5. The molecule has 2 heterocycles. The van der Waals surface area contributed by atoms with Crippen LogP contribution in [0.4, 0.5) is 0 Å². The third kappa shape index (κ3) is 1.92. The molecule has 0 saturated carbocycles. The van der Waals surface area contributed by atoms with E-state index in [0.717, 1.165) is 19.3 Å². The first-order valence-electron chi connectivity index (χ1n) is 5.59. The fourth-order valence-corrected chi connectivity index (χ4v) is 1.97. The largest absolute Gasteiger partial charge is 0.394 e. The van der Waals surface area contributed by atoms with Gasteiger partial charge in [-0.15, -0.1) is 5.10 Å². The lowest BCUT2D eigenvalue weighted by Gasteiger charge is -2.21. The average Bonchev–Trinajstić information content (AvgIpc) is 2.96. The van der Waals surface area contributed by atoms with Gasteiger partial charge < -0.3 is 10.0 Å². The van der Waals surface area contributed by atoms with Crippen molar-refractivity contribution in [3.05, 3.63) is 11.6 Å². The third-order valence-electron chi connectivity index (χ3n) is 2.91. The summed E-state index contributed by atoms with van der Waals surface area (Å²) in [5, 5.41) is 15.8. The van der Waals surface area contributed by atoms with E-state index in [0.29, 0.717) is 12.4 Å². The first-order chi connectivity index (χ1) is 7.76. The van der Waals surface area contributed by atoms with Gasteiger partial charge in [-0.05, 0) is 12.8 Å². The number of nitrogens with zero attached hydrogens (tertiary/aromatic N) is 3. The second-order valence-electron chi connectivity index (χ2n) is 3.94. The SMILES string of the molecule is CCc1nc(C(=O)N2CCC[C@H]2CO)n[nH]1. The average molecular weight is 224 g/mol. The third-order valence-corrected chi connectivity index (χ3v) is 2.91. The Morgan fingerprint density at radius 3 is 3.12 bits per heavy atom. The number of carbonyl (C=O) groups excluding carboxylic acids is 1. The van der Waals surface area contributed by atoms with E-state index in [9.17, 15) is 4.79 Å². The minimum absolute atomic E-state index is 0.0107. The fourth-order valence-electron chi connectivity index (χ4n) is 1.97. The highest BCUT2D eigenvalue weighted by molar-refractivity contribution is 5.90. The number of aliphatic hydroxyl groups excluding tert-OH is 1. The molecule has 1 atom stereocenters. The number of amides is 1. The Bertz CT molecular complexity index is 377. The molecule has 0 bridgehead atoms. The van der Waals surface area contributed by atoms with Crippen molar-refractivity contribution in [1.82, 2.24) is 20.1 Å². The highest BCUT2D eigenvalue weighted by atomic mass is 16.3. The van der Waals surface area contributed by atoms with Gasteiger partial charge >= 0.3 is 0 Å². The zero-order valence-electron chi connectivity index (χ0n) is 9.31. The van der Waals surface area contributed by atoms with Crippen molar-refractivity contribution in [2.75, 3.05) is 13.2 Å². The number of aliphatic hydroxyl groups is 1. The van der Waals surface area contributed by atoms with Crippen molar-refractivity contribution in [2.45, 2.75) is 32.2 Å². The molecule has 0 unspecified atom stereocenters. The smallest absolute Gasteiger partial charge is 0.293 e. The van der Waals surface area contributed by atoms with Crippen LogP contribution >= 0.6 is 0 Å². The molecule has 0 radical (unpaired) electrons. The van der Waals surface area contributed by atoms with Gasteiger partial charge in [0.2, 0.25) is 5.82 Å². The van der Waals surface area contributed by atoms with Crippen LogP contribution in [0, 0.1) is 0 Å². The maximum atomic E-state index is 12.0. The molecule has 1 aromatic rings. The van der Waals surface area contributed by atoms with Gasteiger partial charge in [-0.3, -0.25) is 9.89 Å². The zero-order valence-corrected chi connectivity index (χ0v) is 9.31. The van der Waals surface area contributed by atoms with Crippen LogP contribution in [0.15, 0.2) is 0 Å². The van der Waals surface area contributed by atoms with E-state index in [4.69, 9.17) is 5.11 Å². The summed E-state index contributed by atoms with van der Waals surface area (Å²) >= 11 is 0. The molecule has 1 aromatic heterocycles. The lowest BCUT2D eigenvalue weighted by Crippen LogP contribution is -2.38. The molecule has 1 saturated heterocycles. The second kappa shape index (κ2) is 4.61. The van der Waals surface area contributed by atoms with Crippen molar-refractivity contribution in [2.24, 2.45) is 0 Å². The minimum Gasteiger partial charge on any atom is -0.394 e. The summed E-state index contributed by atoms with van der Waals surface area (Å²) < 4.78 is 0. The van der Waals surface area contributed by atoms with Gasteiger partial charge in [0.05, 0.1) is 12.6 Å². The maximum absolute atomic E-state index is 12.0. The van der Waals surface area contributed by atoms with Gasteiger partial charge in [0.15, 0.2) is 0 Å². The maximum Gasteiger partial charge on any atom is 0.293 e. The van der Waals surface area contributed by atoms with Crippen LogP contribution in [0.3, 0.4) is 0 Å². The van der Waals surface area contributed by atoms with Crippen LogP contribution in [-0.4, -0.2) is 50.3 Å². The molecular formula is C10H16N4O2. The second-order valence-corrected chi connectivity index (χ2v) is 3.94. The predicted molar refractivity (Wildman–Crippen MR) is 56.9 cm³/mol. The predicted octanol–water partition coefficient (Wildman–Crippen LogP) is -0.0360. The molecule has 0 aliphatic carbocycles. The topological polar surface area (TPSA) is 82.1 Å². The molecule has 0 aromatic carbocycles. The highest BCUT2D eigenvalue weighted by Gasteiger charge is 2.30. The summed E-state index contributed by atoms with van der Waals surface area (Å²) in [6.07, 6.45) is 2.51. The van der Waals surface area contributed by atoms with E-state index in [-0.39, 0.29) is 24.4 Å². The summed E-state index contributed by atoms with van der Waals surface area (Å²) in [5.41, 5.74) is 0. The van der Waals surface area contributed by atoms with Crippen molar-refractivity contribution < 1.29 is 9.90 Å². The van der Waals surface area contributed by atoms with Gasteiger partial charge in [0, 0.05) is 13.0 Å². The van der Waals surface area contributed by atoms with Gasteiger partial charge in [0.25, 0.3) is 5.91 Å². The summed E-state index contributed by atoms with van der Waals surface area (Å²) in [4.78, 5) is 17.8. The molecule has 2 rings (SSSR count). The molecule has 6 heteroatoms. The molecular weight excluding hydrogens is 208 g/mol. The number of nitrogens with one attached hydrogen (secondary N) is 1. The molecule has 1 aliphatic rings. The molecule has 1 fully saturated rings. The summed E-state index contributed by atoms with van der Waals surface area (Å²) in [6, 6.07) is -0.0731. The Balaban J connectivity index is 2.12. The summed E-state index contributed by atoms with van der Waals surface area (Å²) in [5.74, 6) is 0.729. The van der Waals surface area contributed by atoms with Crippen LogP contribution in [0.2, 0.25) is 0 Å². The van der Waals surface area contributed by atoms with Crippen LogP contribution in [0.1, 0.15) is 36.2 Å². The van der Waals surface area contributed by atoms with Crippen LogP contribution in [0.5, 0.6) is 0 Å². The van der Waals surface area contributed by atoms with Crippen molar-refractivity contribution in [3.63, 3.8) is 0 Å². The van der Waals surface area contributed by atoms with E-state index in [1.165, 1.54) is 0 Å². The number of aromatic amines is 1. The van der Waals surface area contributed by atoms with E-state index >= 15 is 0 Å². The number of carbonyl (C=O) groups is 1. The van der Waals surface area contributed by atoms with Crippen LogP contribution < -0.4 is 0 Å². The lowest BCUT2D eigenvalue weighted by atomic mass is 10.2. The lowest BCUT2D eigenvalue weighted by molar-refractivity contribution is 0.0666.